The summed E-state index contributed by atoms with van der Waals surface area (Å²) in [5.41, 5.74) is 5.49. The standard InChI is InChI=1S/C28H34N8O2S/c1-17-22(13-20(14-30-17)25(37)29-10-12-35-11-6-9-28(35)7-5-8-28)32-26(38)21-15-31-36-16-23(39-27(21)36)24-18(2)33-34(4)19(24)3/h13-16H,5-12H2,1-4H3,(H,29,37)(H,32,38). The second-order valence-electron chi connectivity index (χ2n) is 10.8. The fourth-order valence-corrected chi connectivity index (χ4v) is 7.27. The highest BCUT2D eigenvalue weighted by Crippen LogP contribution is 2.45. The number of hydrogen-bond donors (Lipinski definition) is 2. The van der Waals surface area contributed by atoms with Gasteiger partial charge in [0.05, 0.1) is 39.3 Å². The topological polar surface area (TPSA) is 109 Å². The van der Waals surface area contributed by atoms with Crippen LogP contribution in [-0.4, -0.2) is 66.3 Å². The zero-order valence-corrected chi connectivity index (χ0v) is 23.7. The van der Waals surface area contributed by atoms with Gasteiger partial charge in [0.1, 0.15) is 4.83 Å². The van der Waals surface area contributed by atoms with Crippen LogP contribution in [0.5, 0.6) is 0 Å². The molecule has 1 spiro atoms. The van der Waals surface area contributed by atoms with E-state index in [0.29, 0.717) is 34.6 Å². The first kappa shape index (κ1) is 25.7. The highest BCUT2D eigenvalue weighted by atomic mass is 32.1. The first-order valence-electron chi connectivity index (χ1n) is 13.5. The van der Waals surface area contributed by atoms with E-state index in [-0.39, 0.29) is 11.8 Å². The molecule has 0 bridgehead atoms. The average molecular weight is 547 g/mol. The lowest BCUT2D eigenvalue weighted by atomic mass is 9.75. The van der Waals surface area contributed by atoms with Gasteiger partial charge in [-0.3, -0.25) is 24.2 Å². The minimum Gasteiger partial charge on any atom is -0.351 e. The molecule has 204 valence electrons. The van der Waals surface area contributed by atoms with Gasteiger partial charge >= 0.3 is 0 Å². The molecule has 2 fully saturated rings. The van der Waals surface area contributed by atoms with Crippen LogP contribution >= 0.6 is 11.3 Å². The summed E-state index contributed by atoms with van der Waals surface area (Å²) in [6.45, 7) is 8.41. The Balaban J connectivity index is 1.14. The zero-order valence-electron chi connectivity index (χ0n) is 22.9. The van der Waals surface area contributed by atoms with E-state index in [1.165, 1.54) is 43.4 Å². The number of anilines is 1. The molecule has 10 nitrogen and oxygen atoms in total. The van der Waals surface area contributed by atoms with E-state index in [0.717, 1.165) is 39.7 Å². The Morgan fingerprint density at radius 3 is 2.59 bits per heavy atom. The summed E-state index contributed by atoms with van der Waals surface area (Å²) in [4.78, 5) is 34.9. The monoisotopic (exact) mass is 546 g/mol. The Kier molecular flexibility index (Phi) is 6.50. The Bertz CT molecular complexity index is 1580. The second-order valence-corrected chi connectivity index (χ2v) is 11.8. The maximum Gasteiger partial charge on any atom is 0.260 e. The normalized spacial score (nSPS) is 16.6. The number of aryl methyl sites for hydroxylation is 3. The van der Waals surface area contributed by atoms with E-state index in [1.54, 1.807) is 23.0 Å². The van der Waals surface area contributed by atoms with Gasteiger partial charge in [-0.05, 0) is 65.5 Å². The molecule has 1 saturated carbocycles. The largest absolute Gasteiger partial charge is 0.351 e. The lowest BCUT2D eigenvalue weighted by molar-refractivity contribution is 0.0561. The Hall–Kier alpha value is -3.57. The van der Waals surface area contributed by atoms with Crippen LogP contribution in [0.1, 0.15) is 69.9 Å². The highest BCUT2D eigenvalue weighted by molar-refractivity contribution is 7.21. The first-order chi connectivity index (χ1) is 18.8. The van der Waals surface area contributed by atoms with E-state index >= 15 is 0 Å². The fourth-order valence-electron chi connectivity index (χ4n) is 6.06. The van der Waals surface area contributed by atoms with Gasteiger partial charge in [0.25, 0.3) is 11.8 Å². The minimum atomic E-state index is -0.291. The molecule has 2 amide bonds. The van der Waals surface area contributed by atoms with Crippen LogP contribution in [0.4, 0.5) is 5.69 Å². The van der Waals surface area contributed by atoms with Crippen LogP contribution in [-0.2, 0) is 7.05 Å². The molecule has 0 radical (unpaired) electrons. The summed E-state index contributed by atoms with van der Waals surface area (Å²) in [5, 5.41) is 14.9. The summed E-state index contributed by atoms with van der Waals surface area (Å²) < 4.78 is 3.58. The van der Waals surface area contributed by atoms with Crippen LogP contribution in [0.2, 0.25) is 0 Å². The number of fused-ring (bicyclic) bond motifs is 1. The highest BCUT2D eigenvalue weighted by Gasteiger charge is 2.44. The summed E-state index contributed by atoms with van der Waals surface area (Å²) in [6.07, 6.45) is 11.5. The molecule has 1 aliphatic carbocycles. The minimum absolute atomic E-state index is 0.183. The van der Waals surface area contributed by atoms with Crippen molar-refractivity contribution in [3.05, 3.63) is 52.9 Å². The number of carbonyl (C=O) groups is 2. The van der Waals surface area contributed by atoms with E-state index < -0.39 is 0 Å². The van der Waals surface area contributed by atoms with E-state index in [2.05, 4.69) is 30.7 Å². The third-order valence-electron chi connectivity index (χ3n) is 8.49. The number of thiazole rings is 1. The van der Waals surface area contributed by atoms with Crippen molar-refractivity contribution in [3.63, 3.8) is 0 Å². The third-order valence-corrected chi connectivity index (χ3v) is 9.62. The van der Waals surface area contributed by atoms with Crippen LogP contribution < -0.4 is 10.6 Å². The van der Waals surface area contributed by atoms with E-state index in [1.807, 2.05) is 38.7 Å². The van der Waals surface area contributed by atoms with Crippen LogP contribution in [0.3, 0.4) is 0 Å². The third kappa shape index (κ3) is 4.53. The van der Waals surface area contributed by atoms with Gasteiger partial charge in [-0.15, -0.1) is 11.3 Å². The molecule has 1 aliphatic heterocycles. The van der Waals surface area contributed by atoms with Crippen molar-refractivity contribution in [1.29, 1.82) is 0 Å². The fraction of sp³-hybridized carbons (Fsp3) is 0.464. The van der Waals surface area contributed by atoms with E-state index in [9.17, 15) is 9.59 Å². The van der Waals surface area contributed by atoms with Gasteiger partial charge in [0.2, 0.25) is 0 Å². The molecule has 4 aromatic rings. The van der Waals surface area contributed by atoms with Crippen molar-refractivity contribution in [2.75, 3.05) is 25.0 Å². The molecule has 11 heteroatoms. The quantitative estimate of drug-likeness (QED) is 0.361. The number of nitrogens with one attached hydrogen (secondary N) is 2. The smallest absolute Gasteiger partial charge is 0.260 e. The molecule has 5 heterocycles. The van der Waals surface area contributed by atoms with Gasteiger partial charge in [-0.25, -0.2) is 4.52 Å². The molecular formula is C28H34N8O2S. The number of hydrogen-bond acceptors (Lipinski definition) is 7. The summed E-state index contributed by atoms with van der Waals surface area (Å²) in [7, 11) is 1.92. The van der Waals surface area contributed by atoms with Gasteiger partial charge in [-0.2, -0.15) is 10.2 Å². The van der Waals surface area contributed by atoms with Gasteiger partial charge in [0.15, 0.2) is 0 Å². The number of rotatable bonds is 7. The number of pyridine rings is 1. The van der Waals surface area contributed by atoms with Gasteiger partial charge in [-0.1, -0.05) is 0 Å². The van der Waals surface area contributed by atoms with Crippen molar-refractivity contribution in [1.82, 2.24) is 34.6 Å². The molecule has 39 heavy (non-hydrogen) atoms. The zero-order chi connectivity index (χ0) is 27.3. The van der Waals surface area contributed by atoms with Crippen molar-refractivity contribution >= 4 is 33.7 Å². The predicted molar refractivity (Wildman–Crippen MR) is 151 cm³/mol. The molecule has 6 rings (SSSR count). The molecule has 1 saturated heterocycles. The Labute approximate surface area is 231 Å². The van der Waals surface area contributed by atoms with Crippen LogP contribution in [0.25, 0.3) is 15.3 Å². The van der Waals surface area contributed by atoms with Crippen molar-refractivity contribution in [3.8, 4) is 10.4 Å². The van der Waals surface area contributed by atoms with Crippen LogP contribution in [0.15, 0.2) is 24.7 Å². The van der Waals surface area contributed by atoms with Gasteiger partial charge < -0.3 is 10.6 Å². The lowest BCUT2D eigenvalue weighted by Crippen LogP contribution is -2.51. The Morgan fingerprint density at radius 2 is 1.87 bits per heavy atom. The second kappa shape index (κ2) is 9.87. The number of nitrogens with zero attached hydrogens (tertiary/aromatic N) is 6. The van der Waals surface area contributed by atoms with E-state index in [4.69, 9.17) is 0 Å². The number of aromatic nitrogens is 5. The van der Waals surface area contributed by atoms with Gasteiger partial charge in [0, 0.05) is 49.3 Å². The maximum atomic E-state index is 13.3. The summed E-state index contributed by atoms with van der Waals surface area (Å²) >= 11 is 1.50. The van der Waals surface area contributed by atoms with Crippen molar-refractivity contribution < 1.29 is 9.59 Å². The summed E-state index contributed by atoms with van der Waals surface area (Å²) in [6, 6.07) is 1.70. The molecule has 0 unspecified atom stereocenters. The van der Waals surface area contributed by atoms with Crippen molar-refractivity contribution in [2.24, 2.45) is 7.05 Å². The number of amides is 2. The molecule has 0 atom stereocenters. The van der Waals surface area contributed by atoms with Crippen LogP contribution in [0, 0.1) is 20.8 Å². The van der Waals surface area contributed by atoms with Crippen molar-refractivity contribution in [2.45, 2.75) is 58.4 Å². The Morgan fingerprint density at radius 1 is 1.08 bits per heavy atom. The lowest BCUT2D eigenvalue weighted by Gasteiger charge is -2.46. The molecular weight excluding hydrogens is 512 g/mol. The SMILES string of the molecule is Cc1ncc(C(=O)NCCN2CCCC23CCC3)cc1NC(=O)c1cnn2cc(-c3c(C)nn(C)c3C)sc12. The maximum absolute atomic E-state index is 13.3. The molecule has 2 N–H and O–H groups in total. The molecule has 2 aliphatic rings. The predicted octanol–water partition coefficient (Wildman–Crippen LogP) is 4.12. The average Bonchev–Trinajstić information content (AvgIpc) is 3.63. The first-order valence-corrected chi connectivity index (χ1v) is 14.4. The molecule has 0 aromatic carbocycles. The number of likely N-dealkylation sites (tertiary alicyclic amines) is 1. The molecule has 4 aromatic heterocycles. The summed E-state index contributed by atoms with van der Waals surface area (Å²) in [5.74, 6) is -0.474. The number of carbonyl (C=O) groups excluding carboxylic acids is 2.